The average Bonchev–Trinajstić information content (AvgIpc) is 3.51. The number of benzene rings is 2. The summed E-state index contributed by atoms with van der Waals surface area (Å²) in [7, 11) is 0. The van der Waals surface area contributed by atoms with E-state index in [2.05, 4.69) is 35.6 Å². The van der Waals surface area contributed by atoms with Gasteiger partial charge in [-0.25, -0.2) is 17.6 Å². The van der Waals surface area contributed by atoms with E-state index in [4.69, 9.17) is 0 Å². The largest absolute Gasteiger partial charge is 0.256 e. The minimum atomic E-state index is -0.594. The molecule has 6 aromatic rings. The maximum absolute atomic E-state index is 13.3. The number of pyridine rings is 3. The molecule has 0 saturated carbocycles. The number of hydrogen-bond donors (Lipinski definition) is 1. The molecule has 0 aliphatic heterocycles. The third-order valence-electron chi connectivity index (χ3n) is 4.98. The van der Waals surface area contributed by atoms with Crippen LogP contribution in [-0.2, 0) is 0 Å². The molecule has 7 nitrogen and oxygen atoms in total. The summed E-state index contributed by atoms with van der Waals surface area (Å²) in [5.41, 5.74) is 2.36. The summed E-state index contributed by atoms with van der Waals surface area (Å²) in [6.07, 6.45) is 4.82. The van der Waals surface area contributed by atoms with E-state index in [1.807, 2.05) is 18.2 Å². The van der Waals surface area contributed by atoms with Gasteiger partial charge in [-0.15, -0.1) is 10.2 Å². The van der Waals surface area contributed by atoms with Crippen LogP contribution in [0.4, 0.5) is 17.6 Å². The Labute approximate surface area is 245 Å². The summed E-state index contributed by atoms with van der Waals surface area (Å²) in [4.78, 5) is 12.0. The second kappa shape index (κ2) is 15.2. The van der Waals surface area contributed by atoms with Crippen molar-refractivity contribution in [3.8, 4) is 34.0 Å². The fourth-order valence-corrected chi connectivity index (χ4v) is 3.20. The third-order valence-corrected chi connectivity index (χ3v) is 4.98. The molecule has 197 valence electrons. The molecule has 6 rings (SSSR count). The van der Waals surface area contributed by atoms with Gasteiger partial charge in [-0.1, -0.05) is 18.2 Å². The molecule has 0 atom stereocenters. The fraction of sp³-hybridized carbons (Fsp3) is 0. The number of halogens is 4. The first kappa shape index (κ1) is 30.1. The molecule has 4 aromatic heterocycles. The summed E-state index contributed by atoms with van der Waals surface area (Å²) in [5.74, 6) is -1.83. The van der Waals surface area contributed by atoms with Gasteiger partial charge in [0.2, 0.25) is 5.82 Å². The van der Waals surface area contributed by atoms with Gasteiger partial charge < -0.3 is 0 Å². The second-order valence-electron chi connectivity index (χ2n) is 7.63. The zero-order chi connectivity index (χ0) is 27.5. The SMILES string of the molecule is Fc1ccc(-c2ccccn2)c(F)c1.Fc1ccc(-c2ccccn2)c(F)c1.[In].c1ccc(-c2nn[nH]n2)nc1. The molecule has 2 aromatic carbocycles. The first-order valence-electron chi connectivity index (χ1n) is 11.4. The molecule has 1 N–H and O–H groups in total. The van der Waals surface area contributed by atoms with Gasteiger partial charge in [-0.05, 0) is 65.9 Å². The molecule has 0 unspecified atom stereocenters. The van der Waals surface area contributed by atoms with Crippen LogP contribution in [0, 0.1) is 23.3 Å². The van der Waals surface area contributed by atoms with Crippen molar-refractivity contribution in [3.63, 3.8) is 0 Å². The normalized spacial score (nSPS) is 9.80. The predicted molar refractivity (Wildman–Crippen MR) is 142 cm³/mol. The van der Waals surface area contributed by atoms with Crippen molar-refractivity contribution in [2.75, 3.05) is 0 Å². The zero-order valence-electron chi connectivity index (χ0n) is 20.7. The molecule has 0 amide bonds. The van der Waals surface area contributed by atoms with Crippen molar-refractivity contribution in [3.05, 3.63) is 133 Å². The molecule has 40 heavy (non-hydrogen) atoms. The van der Waals surface area contributed by atoms with E-state index in [-0.39, 0.29) is 25.8 Å². The molecule has 0 spiro atoms. The second-order valence-corrected chi connectivity index (χ2v) is 7.63. The zero-order valence-corrected chi connectivity index (χ0v) is 24.0. The summed E-state index contributed by atoms with van der Waals surface area (Å²) >= 11 is 0. The smallest absolute Gasteiger partial charge is 0.222 e. The molecular weight excluding hydrogens is 625 g/mol. The molecule has 0 bridgehead atoms. The van der Waals surface area contributed by atoms with E-state index in [1.54, 1.807) is 55.0 Å². The predicted octanol–water partition coefficient (Wildman–Crippen LogP) is 5.93. The first-order chi connectivity index (χ1) is 19.0. The van der Waals surface area contributed by atoms with Gasteiger partial charge in [0.1, 0.15) is 29.0 Å². The Morgan fingerprint density at radius 1 is 0.525 bits per heavy atom. The number of hydrogen-bond acceptors (Lipinski definition) is 6. The minimum Gasteiger partial charge on any atom is -0.256 e. The van der Waals surface area contributed by atoms with Crippen LogP contribution in [0.15, 0.2) is 110 Å². The fourth-order valence-electron chi connectivity index (χ4n) is 3.20. The minimum absolute atomic E-state index is 0. The van der Waals surface area contributed by atoms with Crippen LogP contribution in [0.25, 0.3) is 34.0 Å². The van der Waals surface area contributed by atoms with E-state index in [0.717, 1.165) is 17.8 Å². The molecular formula is C28H19F4InN7. The standard InChI is InChI=1S/2C11H7F2N.C6H5N5.In/c2*12-8-4-5-9(10(13)7-8)11-3-1-2-6-14-11;1-2-4-7-5(3-1)6-8-10-11-9-6;/h2*1-7H;1-4H,(H,8,9,10,11);. The van der Waals surface area contributed by atoms with Gasteiger partial charge in [-0.3, -0.25) is 15.0 Å². The van der Waals surface area contributed by atoms with Crippen LogP contribution in [0.5, 0.6) is 0 Å². The van der Waals surface area contributed by atoms with Crippen molar-refractivity contribution < 1.29 is 17.6 Å². The number of aromatic amines is 1. The third kappa shape index (κ3) is 8.53. The Hall–Kier alpha value is -4.45. The van der Waals surface area contributed by atoms with Crippen LogP contribution < -0.4 is 0 Å². The molecule has 12 heteroatoms. The molecule has 0 aliphatic carbocycles. The van der Waals surface area contributed by atoms with Crippen molar-refractivity contribution in [2.45, 2.75) is 0 Å². The summed E-state index contributed by atoms with van der Waals surface area (Å²) in [6, 6.07) is 22.8. The summed E-state index contributed by atoms with van der Waals surface area (Å²) in [6.45, 7) is 0. The van der Waals surface area contributed by atoms with E-state index in [1.165, 1.54) is 24.3 Å². The van der Waals surface area contributed by atoms with Crippen molar-refractivity contribution in [1.82, 2.24) is 35.6 Å². The van der Waals surface area contributed by atoms with Gasteiger partial charge in [-0.2, -0.15) is 5.21 Å². The van der Waals surface area contributed by atoms with Gasteiger partial charge >= 0.3 is 0 Å². The topological polar surface area (TPSA) is 93.1 Å². The van der Waals surface area contributed by atoms with Crippen LogP contribution >= 0.6 is 0 Å². The van der Waals surface area contributed by atoms with Gasteiger partial charge in [0.25, 0.3) is 0 Å². The summed E-state index contributed by atoms with van der Waals surface area (Å²) < 4.78 is 51.7. The Balaban J connectivity index is 0.000000165. The quantitative estimate of drug-likeness (QED) is 0.240. The first-order valence-corrected chi connectivity index (χ1v) is 11.4. The van der Waals surface area contributed by atoms with E-state index in [0.29, 0.717) is 28.3 Å². The maximum atomic E-state index is 13.3. The van der Waals surface area contributed by atoms with Gasteiger partial charge in [0.05, 0.1) is 11.4 Å². The van der Waals surface area contributed by atoms with Crippen LogP contribution in [0.2, 0.25) is 0 Å². The molecule has 0 fully saturated rings. The number of H-pyrrole nitrogens is 1. The number of nitrogens with one attached hydrogen (secondary N) is 1. The summed E-state index contributed by atoms with van der Waals surface area (Å²) in [5, 5.41) is 13.3. The Kier molecular flexibility index (Phi) is 11.5. The van der Waals surface area contributed by atoms with E-state index in [9.17, 15) is 17.6 Å². The van der Waals surface area contributed by atoms with Crippen LogP contribution in [0.1, 0.15) is 0 Å². The van der Waals surface area contributed by atoms with Crippen LogP contribution in [-0.4, -0.2) is 61.4 Å². The van der Waals surface area contributed by atoms with E-state index < -0.39 is 23.3 Å². The number of aromatic nitrogens is 7. The Morgan fingerprint density at radius 2 is 0.975 bits per heavy atom. The molecule has 0 aliphatic rings. The van der Waals surface area contributed by atoms with Gasteiger partial charge in [0, 0.05) is 67.7 Å². The number of nitrogens with zero attached hydrogens (tertiary/aromatic N) is 6. The average molecular weight is 644 g/mol. The molecule has 4 heterocycles. The number of rotatable bonds is 3. The Morgan fingerprint density at radius 3 is 1.32 bits per heavy atom. The molecule has 3 radical (unpaired) electrons. The maximum Gasteiger partial charge on any atom is 0.222 e. The van der Waals surface area contributed by atoms with Gasteiger partial charge in [0.15, 0.2) is 0 Å². The number of tetrazole rings is 1. The van der Waals surface area contributed by atoms with Crippen molar-refractivity contribution in [1.29, 1.82) is 0 Å². The van der Waals surface area contributed by atoms with Crippen molar-refractivity contribution >= 4 is 25.8 Å². The van der Waals surface area contributed by atoms with E-state index >= 15 is 0 Å². The Bertz CT molecular complexity index is 1510. The van der Waals surface area contributed by atoms with Crippen molar-refractivity contribution in [2.24, 2.45) is 0 Å². The monoisotopic (exact) mass is 644 g/mol. The molecule has 0 saturated heterocycles. The van der Waals surface area contributed by atoms with Crippen LogP contribution in [0.3, 0.4) is 0 Å².